The summed E-state index contributed by atoms with van der Waals surface area (Å²) in [6.45, 7) is 25.9. The number of benzene rings is 7. The maximum Gasteiger partial charge on any atom is 0.264 e. The lowest BCUT2D eigenvalue weighted by Crippen LogP contribution is -2.60. The highest BCUT2D eigenvalue weighted by atomic mass is 32.1. The number of hydrogen-bond acceptors (Lipinski definition) is 4. The molecule has 8 aromatic rings. The van der Waals surface area contributed by atoms with Crippen LogP contribution in [0.1, 0.15) is 103 Å². The van der Waals surface area contributed by atoms with Gasteiger partial charge in [-0.05, 0) is 159 Å². The Bertz CT molecular complexity index is 3130. The van der Waals surface area contributed by atoms with Gasteiger partial charge in [0.25, 0.3) is 6.71 Å². The fourth-order valence-electron chi connectivity index (χ4n) is 11.6. The lowest BCUT2D eigenvalue weighted by molar-refractivity contribution is 0.403. The third-order valence-corrected chi connectivity index (χ3v) is 15.8. The van der Waals surface area contributed by atoms with Crippen LogP contribution in [0.25, 0.3) is 10.1 Å². The molecular formula is C60H60BN3S. The van der Waals surface area contributed by atoms with Crippen molar-refractivity contribution in [2.45, 2.75) is 104 Å². The van der Waals surface area contributed by atoms with Crippen LogP contribution in [0.3, 0.4) is 0 Å². The molecule has 0 atom stereocenters. The van der Waals surface area contributed by atoms with Gasteiger partial charge in [-0.25, -0.2) is 0 Å². The summed E-state index contributed by atoms with van der Waals surface area (Å²) >= 11 is 1.98. The van der Waals surface area contributed by atoms with Crippen LogP contribution < -0.4 is 30.4 Å². The van der Waals surface area contributed by atoms with E-state index < -0.39 is 0 Å². The molecule has 0 unspecified atom stereocenters. The first-order valence-corrected chi connectivity index (χ1v) is 24.3. The normalized spacial score (nSPS) is 15.7. The number of anilines is 9. The van der Waals surface area contributed by atoms with Gasteiger partial charge in [-0.15, -0.1) is 11.3 Å². The minimum atomic E-state index is 0.00981. The summed E-state index contributed by atoms with van der Waals surface area (Å²) in [6.07, 6.45) is 1.12. The van der Waals surface area contributed by atoms with Crippen molar-refractivity contribution >= 4 is 95.0 Å². The monoisotopic (exact) mass is 865 g/mol. The Morgan fingerprint density at radius 2 is 1.12 bits per heavy atom. The Kier molecular flexibility index (Phi) is 9.28. The van der Waals surface area contributed by atoms with Crippen molar-refractivity contribution < 1.29 is 0 Å². The third-order valence-electron chi connectivity index (χ3n) is 14.5. The number of fused-ring (bicyclic) bond motifs is 7. The predicted molar refractivity (Wildman–Crippen MR) is 283 cm³/mol. The van der Waals surface area contributed by atoms with E-state index in [1.807, 2.05) is 11.3 Å². The highest BCUT2D eigenvalue weighted by molar-refractivity contribution is 7.33. The van der Waals surface area contributed by atoms with E-state index in [4.69, 9.17) is 0 Å². The summed E-state index contributed by atoms with van der Waals surface area (Å²) in [7, 11) is 0. The van der Waals surface area contributed by atoms with Crippen LogP contribution in [0.5, 0.6) is 0 Å². The molecule has 0 radical (unpaired) electrons. The van der Waals surface area contributed by atoms with E-state index in [1.165, 1.54) is 87.7 Å². The van der Waals surface area contributed by atoms with E-state index in [2.05, 4.69) is 243 Å². The predicted octanol–water partition coefficient (Wildman–Crippen LogP) is 15.3. The molecule has 11 rings (SSSR count). The van der Waals surface area contributed by atoms with Crippen LogP contribution in [-0.4, -0.2) is 6.71 Å². The molecule has 65 heavy (non-hydrogen) atoms. The van der Waals surface area contributed by atoms with Gasteiger partial charge in [0.15, 0.2) is 0 Å². The summed E-state index contributed by atoms with van der Waals surface area (Å²) in [6, 6.07) is 57.9. The van der Waals surface area contributed by atoms with Crippen molar-refractivity contribution in [1.29, 1.82) is 0 Å². The van der Waals surface area contributed by atoms with Crippen LogP contribution in [0, 0.1) is 6.92 Å². The Morgan fingerprint density at radius 1 is 0.538 bits per heavy atom. The molecule has 2 aliphatic heterocycles. The van der Waals surface area contributed by atoms with Crippen LogP contribution in [0.2, 0.25) is 0 Å². The van der Waals surface area contributed by atoms with Gasteiger partial charge in [-0.3, -0.25) is 0 Å². The number of para-hydroxylation sites is 2. The van der Waals surface area contributed by atoms with E-state index in [0.717, 1.165) is 23.5 Å². The molecule has 1 aliphatic carbocycles. The molecular weight excluding hydrogens is 806 g/mol. The van der Waals surface area contributed by atoms with Gasteiger partial charge in [0.05, 0.1) is 5.69 Å². The van der Waals surface area contributed by atoms with Gasteiger partial charge in [0.2, 0.25) is 0 Å². The number of rotatable bonds is 5. The van der Waals surface area contributed by atoms with Crippen LogP contribution >= 0.6 is 11.3 Å². The number of aryl methyl sites for hydroxylation is 1. The molecule has 0 bridgehead atoms. The highest BCUT2D eigenvalue weighted by Crippen LogP contribution is 2.53. The zero-order valence-corrected chi connectivity index (χ0v) is 40.8. The Hall–Kier alpha value is -6.04. The van der Waals surface area contributed by atoms with Crippen molar-refractivity contribution in [3.05, 3.63) is 179 Å². The second-order valence-electron chi connectivity index (χ2n) is 22.3. The lowest BCUT2D eigenvalue weighted by atomic mass is 9.36. The SMILES string of the molecule is Cc1cc2c3c(c1)N(c1ccc(C(C)(C)C)cc1)c1c(sc4ccc(C(C)(C)C)cc14)B3c1ccc(N(c3ccccc3)c3ccccc3)cc1N2c1ccc2c(c1)C(C)(C)CC2(C)C. The molecule has 0 fully saturated rings. The number of hydrogen-bond donors (Lipinski definition) is 0. The topological polar surface area (TPSA) is 9.72 Å². The van der Waals surface area contributed by atoms with Crippen molar-refractivity contribution in [3.63, 3.8) is 0 Å². The minimum absolute atomic E-state index is 0.00981. The molecule has 324 valence electrons. The van der Waals surface area contributed by atoms with Crippen molar-refractivity contribution in [3.8, 4) is 0 Å². The maximum atomic E-state index is 2.62. The summed E-state index contributed by atoms with van der Waals surface area (Å²) < 4.78 is 2.73. The van der Waals surface area contributed by atoms with Gasteiger partial charge in [-0.1, -0.05) is 136 Å². The highest BCUT2D eigenvalue weighted by Gasteiger charge is 2.47. The Morgan fingerprint density at radius 3 is 1.75 bits per heavy atom. The molecule has 3 nitrogen and oxygen atoms in total. The standard InChI is InChI=1S/C60H60BN3S/c1-38-32-51-54-52(33-38)64(43-25-22-39(23-26-43)57(2,3)4)55-46-34-40(58(5,6)7)24-31-53(46)65-56(55)61(54)49-30-28-45(62(41-18-14-12-15-19-41)42-20-16-13-17-21-42)36-50(49)63(51)44-27-29-47-48(35-44)60(10,11)37-59(47,8)9/h12-36H,37H2,1-11H3. The molecule has 0 spiro atoms. The second-order valence-corrected chi connectivity index (χ2v) is 23.4. The summed E-state index contributed by atoms with van der Waals surface area (Å²) in [5.41, 5.74) is 20.7. The van der Waals surface area contributed by atoms with Crippen LogP contribution in [0.4, 0.5) is 51.2 Å². The average Bonchev–Trinajstić information content (AvgIpc) is 3.73. The first-order chi connectivity index (χ1) is 30.9. The van der Waals surface area contributed by atoms with E-state index >= 15 is 0 Å². The second kappa shape index (κ2) is 14.5. The van der Waals surface area contributed by atoms with Gasteiger partial charge >= 0.3 is 0 Å². The molecule has 5 heteroatoms. The molecule has 0 saturated carbocycles. The molecule has 0 amide bonds. The van der Waals surface area contributed by atoms with E-state index in [-0.39, 0.29) is 28.4 Å². The quantitative estimate of drug-likeness (QED) is 0.160. The van der Waals surface area contributed by atoms with Gasteiger partial charge in [-0.2, -0.15) is 0 Å². The summed E-state index contributed by atoms with van der Waals surface area (Å²) in [4.78, 5) is 7.65. The molecule has 3 heterocycles. The van der Waals surface area contributed by atoms with Crippen molar-refractivity contribution in [2.24, 2.45) is 0 Å². The number of thiophene rings is 1. The van der Waals surface area contributed by atoms with E-state index in [9.17, 15) is 0 Å². The third kappa shape index (κ3) is 6.67. The molecule has 7 aromatic carbocycles. The average molecular weight is 866 g/mol. The smallest absolute Gasteiger partial charge is 0.264 e. The first-order valence-electron chi connectivity index (χ1n) is 23.5. The Labute approximate surface area is 391 Å². The maximum absolute atomic E-state index is 2.62. The van der Waals surface area contributed by atoms with Crippen molar-refractivity contribution in [2.75, 3.05) is 14.7 Å². The summed E-state index contributed by atoms with van der Waals surface area (Å²) in [5, 5.41) is 1.33. The van der Waals surface area contributed by atoms with Gasteiger partial charge in [0.1, 0.15) is 0 Å². The Balaban J connectivity index is 1.23. The molecule has 1 aromatic heterocycles. The van der Waals surface area contributed by atoms with Crippen molar-refractivity contribution in [1.82, 2.24) is 0 Å². The summed E-state index contributed by atoms with van der Waals surface area (Å²) in [5.74, 6) is 0. The zero-order chi connectivity index (χ0) is 45.4. The fourth-order valence-corrected chi connectivity index (χ4v) is 12.9. The zero-order valence-electron chi connectivity index (χ0n) is 40.0. The lowest BCUT2D eigenvalue weighted by Gasteiger charge is -2.44. The van der Waals surface area contributed by atoms with E-state index in [1.54, 1.807) is 0 Å². The number of nitrogens with zero attached hydrogens (tertiary/aromatic N) is 3. The minimum Gasteiger partial charge on any atom is -0.311 e. The van der Waals surface area contributed by atoms with Gasteiger partial charge < -0.3 is 14.7 Å². The van der Waals surface area contributed by atoms with E-state index in [0.29, 0.717) is 0 Å². The molecule has 0 N–H and O–H groups in total. The molecule has 3 aliphatic rings. The van der Waals surface area contributed by atoms with Gasteiger partial charge in [0, 0.05) is 60.4 Å². The largest absolute Gasteiger partial charge is 0.311 e. The molecule has 0 saturated heterocycles. The van der Waals surface area contributed by atoms with Crippen LogP contribution in [-0.2, 0) is 21.7 Å². The fraction of sp³-hybridized carbons (Fsp3) is 0.267. The van der Waals surface area contributed by atoms with Crippen LogP contribution in [0.15, 0.2) is 152 Å². The first kappa shape index (κ1) is 41.7.